The summed E-state index contributed by atoms with van der Waals surface area (Å²) in [5.41, 5.74) is 2.97. The zero-order valence-electron chi connectivity index (χ0n) is 12.9. The molecular formula is C18H29N. The fraction of sp³-hybridized carbons (Fsp3) is 0.667. The number of aryl methyl sites for hydroxylation is 1. The standard InChI is InChI=1S/C18H29N/c1-4-5-6-17-7-9-18(10-8-17)16(3)19-13-11-15(2)12-14-19/h7-10,15-16H,4-6,11-14H2,1-3H3. The fourth-order valence-electron chi connectivity index (χ4n) is 2.97. The number of piperidine rings is 1. The Labute approximate surface area is 119 Å². The monoisotopic (exact) mass is 259 g/mol. The van der Waals surface area contributed by atoms with Gasteiger partial charge in [-0.25, -0.2) is 0 Å². The van der Waals surface area contributed by atoms with Gasteiger partial charge in [-0.05, 0) is 62.7 Å². The number of nitrogens with zero attached hydrogens (tertiary/aromatic N) is 1. The Hall–Kier alpha value is -0.820. The predicted molar refractivity (Wildman–Crippen MR) is 83.4 cm³/mol. The van der Waals surface area contributed by atoms with Gasteiger partial charge >= 0.3 is 0 Å². The van der Waals surface area contributed by atoms with Gasteiger partial charge in [0.1, 0.15) is 0 Å². The van der Waals surface area contributed by atoms with Crippen LogP contribution in [0, 0.1) is 5.92 Å². The largest absolute Gasteiger partial charge is 0.297 e. The Balaban J connectivity index is 1.93. The zero-order valence-corrected chi connectivity index (χ0v) is 12.9. The van der Waals surface area contributed by atoms with Crippen molar-refractivity contribution in [2.75, 3.05) is 13.1 Å². The van der Waals surface area contributed by atoms with Crippen LogP contribution in [-0.2, 0) is 6.42 Å². The highest BCUT2D eigenvalue weighted by molar-refractivity contribution is 5.25. The first-order chi connectivity index (χ1) is 9.20. The van der Waals surface area contributed by atoms with Crippen molar-refractivity contribution in [3.05, 3.63) is 35.4 Å². The minimum absolute atomic E-state index is 0.577. The summed E-state index contributed by atoms with van der Waals surface area (Å²) in [6, 6.07) is 9.91. The van der Waals surface area contributed by atoms with E-state index in [0.717, 1.165) is 5.92 Å². The minimum Gasteiger partial charge on any atom is -0.297 e. The van der Waals surface area contributed by atoms with Crippen LogP contribution in [0.15, 0.2) is 24.3 Å². The summed E-state index contributed by atoms with van der Waals surface area (Å²) in [6.45, 7) is 9.52. The molecule has 0 radical (unpaired) electrons. The molecule has 1 aromatic rings. The van der Waals surface area contributed by atoms with Gasteiger partial charge in [-0.3, -0.25) is 4.90 Å². The lowest BCUT2D eigenvalue weighted by Gasteiger charge is -2.35. The highest BCUT2D eigenvalue weighted by atomic mass is 15.2. The molecule has 1 heteroatoms. The van der Waals surface area contributed by atoms with Crippen molar-refractivity contribution in [2.24, 2.45) is 5.92 Å². The first-order valence-corrected chi connectivity index (χ1v) is 8.03. The lowest BCUT2D eigenvalue weighted by Crippen LogP contribution is -2.34. The van der Waals surface area contributed by atoms with Crippen LogP contribution in [0.2, 0.25) is 0 Å². The number of likely N-dealkylation sites (tertiary alicyclic amines) is 1. The third-order valence-corrected chi connectivity index (χ3v) is 4.65. The minimum atomic E-state index is 0.577. The van der Waals surface area contributed by atoms with Gasteiger partial charge in [-0.1, -0.05) is 44.5 Å². The number of hydrogen-bond acceptors (Lipinski definition) is 1. The smallest absolute Gasteiger partial charge is 0.0319 e. The van der Waals surface area contributed by atoms with Gasteiger partial charge < -0.3 is 0 Å². The Morgan fingerprint density at radius 1 is 1.16 bits per heavy atom. The first kappa shape index (κ1) is 14.6. The molecule has 1 saturated heterocycles. The first-order valence-electron chi connectivity index (χ1n) is 8.03. The van der Waals surface area contributed by atoms with Gasteiger partial charge in [0.05, 0.1) is 0 Å². The van der Waals surface area contributed by atoms with Crippen molar-refractivity contribution in [3.63, 3.8) is 0 Å². The van der Waals surface area contributed by atoms with Crippen molar-refractivity contribution in [3.8, 4) is 0 Å². The van der Waals surface area contributed by atoms with E-state index in [0.29, 0.717) is 6.04 Å². The van der Waals surface area contributed by atoms with Crippen molar-refractivity contribution >= 4 is 0 Å². The molecule has 0 amide bonds. The quantitative estimate of drug-likeness (QED) is 0.732. The van der Waals surface area contributed by atoms with Crippen LogP contribution in [-0.4, -0.2) is 18.0 Å². The SMILES string of the molecule is CCCCc1ccc(C(C)N2CCC(C)CC2)cc1. The maximum Gasteiger partial charge on any atom is 0.0319 e. The normalized spacial score (nSPS) is 19.5. The van der Waals surface area contributed by atoms with Crippen LogP contribution in [0.25, 0.3) is 0 Å². The van der Waals surface area contributed by atoms with E-state index in [-0.39, 0.29) is 0 Å². The van der Waals surface area contributed by atoms with Crippen LogP contribution in [0.5, 0.6) is 0 Å². The molecule has 0 bridgehead atoms. The van der Waals surface area contributed by atoms with E-state index in [1.807, 2.05) is 0 Å². The molecule has 1 aliphatic heterocycles. The van der Waals surface area contributed by atoms with E-state index >= 15 is 0 Å². The number of benzene rings is 1. The molecule has 106 valence electrons. The van der Waals surface area contributed by atoms with Gasteiger partial charge in [0.15, 0.2) is 0 Å². The van der Waals surface area contributed by atoms with Crippen molar-refractivity contribution in [1.82, 2.24) is 4.90 Å². The highest BCUT2D eigenvalue weighted by Gasteiger charge is 2.21. The molecule has 1 aliphatic rings. The fourth-order valence-corrected chi connectivity index (χ4v) is 2.97. The summed E-state index contributed by atoms with van der Waals surface area (Å²) in [7, 11) is 0. The molecule has 1 nitrogen and oxygen atoms in total. The molecule has 0 aliphatic carbocycles. The molecule has 1 atom stereocenters. The average molecular weight is 259 g/mol. The van der Waals surface area contributed by atoms with Gasteiger partial charge in [-0.15, -0.1) is 0 Å². The Kier molecular flexibility index (Phi) is 5.45. The summed E-state index contributed by atoms with van der Waals surface area (Å²) in [5, 5.41) is 0. The molecule has 1 fully saturated rings. The number of unbranched alkanes of at least 4 members (excludes halogenated alkanes) is 1. The van der Waals surface area contributed by atoms with Gasteiger partial charge in [0, 0.05) is 6.04 Å². The predicted octanol–water partition coefficient (Wildman–Crippen LogP) is 4.82. The van der Waals surface area contributed by atoms with E-state index in [4.69, 9.17) is 0 Å². The van der Waals surface area contributed by atoms with Crippen LogP contribution in [0.4, 0.5) is 0 Å². The lowest BCUT2D eigenvalue weighted by atomic mass is 9.96. The van der Waals surface area contributed by atoms with Crippen LogP contribution >= 0.6 is 0 Å². The zero-order chi connectivity index (χ0) is 13.7. The second kappa shape index (κ2) is 7.09. The van der Waals surface area contributed by atoms with E-state index in [2.05, 4.69) is 49.9 Å². The third kappa shape index (κ3) is 4.07. The maximum absolute atomic E-state index is 2.64. The molecule has 1 aromatic carbocycles. The second-order valence-electron chi connectivity index (χ2n) is 6.24. The van der Waals surface area contributed by atoms with E-state index in [1.165, 1.54) is 56.3 Å². The Bertz CT molecular complexity index is 360. The van der Waals surface area contributed by atoms with Crippen LogP contribution in [0.3, 0.4) is 0 Å². The van der Waals surface area contributed by atoms with Crippen LogP contribution in [0.1, 0.15) is 63.6 Å². The molecule has 1 unspecified atom stereocenters. The number of rotatable bonds is 5. The topological polar surface area (TPSA) is 3.24 Å². The summed E-state index contributed by atoms with van der Waals surface area (Å²) in [4.78, 5) is 2.64. The Morgan fingerprint density at radius 2 is 1.79 bits per heavy atom. The summed E-state index contributed by atoms with van der Waals surface area (Å²) < 4.78 is 0. The van der Waals surface area contributed by atoms with E-state index in [9.17, 15) is 0 Å². The Morgan fingerprint density at radius 3 is 2.37 bits per heavy atom. The molecule has 2 rings (SSSR count). The maximum atomic E-state index is 2.64. The molecule has 0 aromatic heterocycles. The van der Waals surface area contributed by atoms with Crippen molar-refractivity contribution in [1.29, 1.82) is 0 Å². The van der Waals surface area contributed by atoms with Gasteiger partial charge in [0.2, 0.25) is 0 Å². The molecule has 0 saturated carbocycles. The summed E-state index contributed by atoms with van der Waals surface area (Å²) in [5.74, 6) is 0.917. The van der Waals surface area contributed by atoms with Gasteiger partial charge in [-0.2, -0.15) is 0 Å². The lowest BCUT2D eigenvalue weighted by molar-refractivity contribution is 0.147. The summed E-state index contributed by atoms with van der Waals surface area (Å²) in [6.07, 6.45) is 6.53. The van der Waals surface area contributed by atoms with Crippen molar-refractivity contribution in [2.45, 2.75) is 58.9 Å². The number of hydrogen-bond donors (Lipinski definition) is 0. The van der Waals surface area contributed by atoms with E-state index < -0.39 is 0 Å². The van der Waals surface area contributed by atoms with Gasteiger partial charge in [0.25, 0.3) is 0 Å². The average Bonchev–Trinajstić information content (AvgIpc) is 2.46. The molecule has 0 spiro atoms. The highest BCUT2D eigenvalue weighted by Crippen LogP contribution is 2.26. The molecule has 0 N–H and O–H groups in total. The molecule has 19 heavy (non-hydrogen) atoms. The van der Waals surface area contributed by atoms with Crippen molar-refractivity contribution < 1.29 is 0 Å². The van der Waals surface area contributed by atoms with E-state index in [1.54, 1.807) is 0 Å². The molecular weight excluding hydrogens is 230 g/mol. The molecule has 1 heterocycles. The van der Waals surface area contributed by atoms with Crippen LogP contribution < -0.4 is 0 Å². The summed E-state index contributed by atoms with van der Waals surface area (Å²) >= 11 is 0. The third-order valence-electron chi connectivity index (χ3n) is 4.65. The second-order valence-corrected chi connectivity index (χ2v) is 6.24.